The number of fused-ring (bicyclic) bond motifs is 1. The summed E-state index contributed by atoms with van der Waals surface area (Å²) in [5.74, 6) is -2.67. The molecule has 0 saturated carbocycles. The lowest BCUT2D eigenvalue weighted by atomic mass is 10.0. The van der Waals surface area contributed by atoms with Crippen LogP contribution in [-0.4, -0.2) is 81.3 Å². The molecule has 1 saturated heterocycles. The number of aromatic nitrogens is 1. The van der Waals surface area contributed by atoms with Crippen LogP contribution in [-0.2, 0) is 43.2 Å². The third-order valence-electron chi connectivity index (χ3n) is 11.2. The highest BCUT2D eigenvalue weighted by atomic mass is 16.3. The number of H-pyrrole nitrogens is 1. The zero-order valence-corrected chi connectivity index (χ0v) is 34.2. The summed E-state index contributed by atoms with van der Waals surface area (Å²) < 4.78 is 0. The Morgan fingerprint density at radius 3 is 2.08 bits per heavy atom. The second-order valence-corrected chi connectivity index (χ2v) is 15.8. The SMILES string of the molecule is CCCCCCCCCCC(N)C(=O)N[C@@H](Cc1ccc(O)cc1)C(=O)N1CCC[C@H]1C(=O)N[C@@H](Cc1c[nH]c2ccccc12)C(=O)N[C@@H](Cc1ccccc1)C(N)=O. The van der Waals surface area contributed by atoms with E-state index in [1.54, 1.807) is 18.3 Å². The maximum absolute atomic E-state index is 14.4. The number of nitrogens with zero attached hydrogens (tertiary/aromatic N) is 1. The molecule has 1 aliphatic rings. The zero-order chi connectivity index (χ0) is 42.1. The van der Waals surface area contributed by atoms with Crippen LogP contribution in [0, 0.1) is 0 Å². The first-order valence-corrected chi connectivity index (χ1v) is 21.2. The maximum atomic E-state index is 14.4. The minimum atomic E-state index is -1.13. The van der Waals surface area contributed by atoms with Gasteiger partial charge in [0.1, 0.15) is 29.9 Å². The van der Waals surface area contributed by atoms with Gasteiger partial charge in [-0.1, -0.05) is 119 Å². The van der Waals surface area contributed by atoms with Crippen molar-refractivity contribution in [3.05, 3.63) is 102 Å². The Morgan fingerprint density at radius 1 is 0.746 bits per heavy atom. The molecule has 5 amide bonds. The summed E-state index contributed by atoms with van der Waals surface area (Å²) >= 11 is 0. The van der Waals surface area contributed by atoms with E-state index in [1.807, 2.05) is 54.6 Å². The number of benzene rings is 3. The average Bonchev–Trinajstić information content (AvgIpc) is 3.90. The predicted octanol–water partition coefficient (Wildman–Crippen LogP) is 4.69. The summed E-state index contributed by atoms with van der Waals surface area (Å²) in [6.45, 7) is 2.46. The molecule has 4 aromatic rings. The van der Waals surface area contributed by atoms with Crippen LogP contribution in [0.2, 0.25) is 0 Å². The van der Waals surface area contributed by atoms with Crippen LogP contribution in [0.15, 0.2) is 85.1 Å². The molecule has 1 aliphatic heterocycles. The molecule has 2 heterocycles. The molecule has 1 unspecified atom stereocenters. The van der Waals surface area contributed by atoms with Crippen LogP contribution in [0.1, 0.15) is 94.2 Å². The average molecular weight is 808 g/mol. The van der Waals surface area contributed by atoms with E-state index in [1.165, 1.54) is 42.7 Å². The van der Waals surface area contributed by atoms with Gasteiger partial charge in [-0.15, -0.1) is 0 Å². The highest BCUT2D eigenvalue weighted by Crippen LogP contribution is 2.23. The van der Waals surface area contributed by atoms with Gasteiger partial charge < -0.3 is 42.4 Å². The number of aromatic hydroxyl groups is 1. The summed E-state index contributed by atoms with van der Waals surface area (Å²) in [4.78, 5) is 73.5. The second-order valence-electron chi connectivity index (χ2n) is 15.8. The number of likely N-dealkylation sites (tertiary alicyclic amines) is 1. The quantitative estimate of drug-likeness (QED) is 0.0525. The number of rotatable bonds is 23. The van der Waals surface area contributed by atoms with Crippen LogP contribution in [0.4, 0.5) is 0 Å². The third-order valence-corrected chi connectivity index (χ3v) is 11.2. The van der Waals surface area contributed by atoms with E-state index >= 15 is 0 Å². The van der Waals surface area contributed by atoms with Gasteiger partial charge in [0.2, 0.25) is 29.5 Å². The van der Waals surface area contributed by atoms with E-state index in [4.69, 9.17) is 11.5 Å². The van der Waals surface area contributed by atoms with Crippen molar-refractivity contribution in [1.29, 1.82) is 0 Å². The number of carbonyl (C=O) groups is 5. The number of para-hydroxylation sites is 1. The highest BCUT2D eigenvalue weighted by molar-refractivity contribution is 5.96. The molecular formula is C46H61N7O6. The first-order chi connectivity index (χ1) is 28.5. The standard InChI is InChI=1S/C46H61N7O6/c1-2-3-4-5-6-7-8-12-19-36(47)43(56)52-40(28-32-22-24-34(54)25-23-32)46(59)53-26-15-21-41(53)45(58)51-39(29-33-30-49-37-20-14-13-18-35(33)37)44(57)50-38(42(48)55)27-31-16-10-9-11-17-31/h9-11,13-14,16-18,20,22-25,30,36,38-41,49,54H,2-8,12,15,19,21,26-29,47H2,1H3,(H2,48,55)(H,50,57)(H,51,58)(H,52,56)/t36?,38-,39-,40-,41-/m0/s1. The number of hydrogen-bond donors (Lipinski definition) is 7. The fourth-order valence-corrected chi connectivity index (χ4v) is 7.82. The van der Waals surface area contributed by atoms with Gasteiger partial charge >= 0.3 is 0 Å². The number of aromatic amines is 1. The molecule has 0 aliphatic carbocycles. The number of nitrogens with one attached hydrogen (secondary N) is 4. The lowest BCUT2D eigenvalue weighted by Gasteiger charge is -2.30. The summed E-state index contributed by atoms with van der Waals surface area (Å²) in [7, 11) is 0. The van der Waals surface area contributed by atoms with E-state index in [2.05, 4.69) is 27.9 Å². The molecule has 0 radical (unpaired) electrons. The first kappa shape index (κ1) is 44.4. The maximum Gasteiger partial charge on any atom is 0.246 e. The van der Waals surface area contributed by atoms with Gasteiger partial charge in [-0.2, -0.15) is 0 Å². The van der Waals surface area contributed by atoms with Crippen molar-refractivity contribution in [2.75, 3.05) is 6.54 Å². The van der Waals surface area contributed by atoms with E-state index < -0.39 is 59.7 Å². The third kappa shape index (κ3) is 13.2. The number of phenols is 1. The molecule has 1 fully saturated rings. The summed E-state index contributed by atoms with van der Waals surface area (Å²) in [6.07, 6.45) is 12.4. The van der Waals surface area contributed by atoms with E-state index in [0.717, 1.165) is 47.7 Å². The smallest absolute Gasteiger partial charge is 0.246 e. The second kappa shape index (κ2) is 22.5. The Hall–Kier alpha value is -5.69. The van der Waals surface area contributed by atoms with Crippen molar-refractivity contribution in [2.45, 2.75) is 127 Å². The number of primary amides is 1. The van der Waals surface area contributed by atoms with Gasteiger partial charge in [-0.3, -0.25) is 24.0 Å². The van der Waals surface area contributed by atoms with Crippen LogP contribution >= 0.6 is 0 Å². The molecule has 5 rings (SSSR count). The Kier molecular flexibility index (Phi) is 16.9. The Bertz CT molecular complexity index is 1980. The van der Waals surface area contributed by atoms with Gasteiger partial charge in [0.15, 0.2) is 0 Å². The zero-order valence-electron chi connectivity index (χ0n) is 34.2. The first-order valence-electron chi connectivity index (χ1n) is 21.2. The van der Waals surface area contributed by atoms with E-state index in [0.29, 0.717) is 24.8 Å². The lowest BCUT2D eigenvalue weighted by Crippen LogP contribution is -2.59. The molecule has 13 nitrogen and oxygen atoms in total. The van der Waals surface area contributed by atoms with Crippen molar-refractivity contribution in [3.63, 3.8) is 0 Å². The van der Waals surface area contributed by atoms with Crippen molar-refractivity contribution in [3.8, 4) is 5.75 Å². The largest absolute Gasteiger partial charge is 0.508 e. The lowest BCUT2D eigenvalue weighted by molar-refractivity contribution is -0.142. The minimum Gasteiger partial charge on any atom is -0.508 e. The van der Waals surface area contributed by atoms with Gasteiger partial charge in [0, 0.05) is 42.9 Å². The molecule has 13 heteroatoms. The van der Waals surface area contributed by atoms with Crippen molar-refractivity contribution in [1.82, 2.24) is 25.8 Å². The minimum absolute atomic E-state index is 0.0674. The van der Waals surface area contributed by atoms with Gasteiger partial charge in [-0.25, -0.2) is 0 Å². The summed E-state index contributed by atoms with van der Waals surface area (Å²) in [5, 5.41) is 19.3. The Morgan fingerprint density at radius 2 is 1.37 bits per heavy atom. The van der Waals surface area contributed by atoms with Crippen LogP contribution < -0.4 is 27.4 Å². The van der Waals surface area contributed by atoms with Gasteiger partial charge in [-0.05, 0) is 54.2 Å². The molecule has 59 heavy (non-hydrogen) atoms. The van der Waals surface area contributed by atoms with E-state index in [9.17, 15) is 29.1 Å². The number of amides is 5. The molecule has 3 aromatic carbocycles. The Balaban J connectivity index is 1.30. The molecule has 1 aromatic heterocycles. The summed E-state index contributed by atoms with van der Waals surface area (Å²) in [5.41, 5.74) is 15.3. The number of hydrogen-bond acceptors (Lipinski definition) is 7. The monoisotopic (exact) mass is 807 g/mol. The molecule has 0 spiro atoms. The molecular weight excluding hydrogens is 747 g/mol. The van der Waals surface area contributed by atoms with Crippen molar-refractivity contribution >= 4 is 40.4 Å². The molecule has 316 valence electrons. The highest BCUT2D eigenvalue weighted by Gasteiger charge is 2.39. The topological polar surface area (TPSA) is 213 Å². The van der Waals surface area contributed by atoms with Crippen LogP contribution in [0.25, 0.3) is 10.9 Å². The number of phenolic OH excluding ortho intramolecular Hbond substituents is 1. The fraction of sp³-hybridized carbons (Fsp3) is 0.457. The normalized spacial score (nSPS) is 15.9. The van der Waals surface area contributed by atoms with E-state index in [-0.39, 0.29) is 31.6 Å². The van der Waals surface area contributed by atoms with Crippen LogP contribution in [0.5, 0.6) is 5.75 Å². The predicted molar refractivity (Wildman–Crippen MR) is 229 cm³/mol. The Labute approximate surface area is 347 Å². The summed E-state index contributed by atoms with van der Waals surface area (Å²) in [6, 6.07) is 18.2. The fourth-order valence-electron chi connectivity index (χ4n) is 7.82. The van der Waals surface area contributed by atoms with Gasteiger partial charge in [0.25, 0.3) is 0 Å². The molecule has 9 N–H and O–H groups in total. The van der Waals surface area contributed by atoms with Gasteiger partial charge in [0.05, 0.1) is 6.04 Å². The number of unbranched alkanes of at least 4 members (excludes halogenated alkanes) is 7. The number of carbonyl (C=O) groups excluding carboxylic acids is 5. The molecule has 0 bridgehead atoms. The van der Waals surface area contributed by atoms with Crippen molar-refractivity contribution in [2.24, 2.45) is 11.5 Å². The van der Waals surface area contributed by atoms with Crippen LogP contribution in [0.3, 0.4) is 0 Å². The molecule has 5 atom stereocenters. The van der Waals surface area contributed by atoms with Crippen molar-refractivity contribution < 1.29 is 29.1 Å². The number of nitrogens with two attached hydrogens (primary N) is 2.